The fraction of sp³-hybridized carbons (Fsp3) is 1.00. The predicted octanol–water partition coefficient (Wildman–Crippen LogP) is 1.53. The monoisotopic (exact) mass is 132 g/mol. The minimum atomic E-state index is 0.199. The summed E-state index contributed by atoms with van der Waals surface area (Å²) in [6, 6.07) is 0. The molecule has 1 heterocycles. The summed E-state index contributed by atoms with van der Waals surface area (Å²) in [5.41, 5.74) is 0.199. The lowest BCUT2D eigenvalue weighted by molar-refractivity contribution is 0.0298. The van der Waals surface area contributed by atoms with Gasteiger partial charge in [0.15, 0.2) is 0 Å². The molecule has 2 heteroatoms. The van der Waals surface area contributed by atoms with Crippen molar-refractivity contribution in [3.05, 3.63) is 0 Å². The van der Waals surface area contributed by atoms with Gasteiger partial charge in [0, 0.05) is 12.9 Å². The zero-order chi connectivity index (χ0) is 6.04. The number of ether oxygens (including phenoxy) is 1. The Hall–Kier alpha value is 0.310. The molecule has 1 saturated heterocycles. The first kappa shape index (κ1) is 6.43. The molecule has 0 spiro atoms. The van der Waals surface area contributed by atoms with Crippen molar-refractivity contribution in [1.29, 1.82) is 0 Å². The lowest BCUT2D eigenvalue weighted by atomic mass is 10.1. The molecule has 0 aliphatic carbocycles. The summed E-state index contributed by atoms with van der Waals surface area (Å²) in [5.74, 6) is 2.44. The van der Waals surface area contributed by atoms with Crippen LogP contribution >= 0.6 is 11.8 Å². The van der Waals surface area contributed by atoms with Gasteiger partial charge in [-0.15, -0.1) is 0 Å². The normalized spacial score (nSPS) is 38.2. The van der Waals surface area contributed by atoms with Gasteiger partial charge in [-0.3, -0.25) is 0 Å². The first-order chi connectivity index (χ1) is 3.77. The summed E-state index contributed by atoms with van der Waals surface area (Å²) in [6.07, 6.45) is 1.22. The van der Waals surface area contributed by atoms with Crippen molar-refractivity contribution in [3.8, 4) is 0 Å². The fourth-order valence-electron chi connectivity index (χ4n) is 0.809. The van der Waals surface area contributed by atoms with Gasteiger partial charge in [0.25, 0.3) is 0 Å². The second kappa shape index (κ2) is 2.28. The highest BCUT2D eigenvalue weighted by molar-refractivity contribution is 7.99. The molecule has 1 nitrogen and oxygen atoms in total. The number of hydrogen-bond donors (Lipinski definition) is 0. The van der Waals surface area contributed by atoms with Crippen LogP contribution in [-0.2, 0) is 4.74 Å². The topological polar surface area (TPSA) is 9.23 Å². The number of thioether (sulfide) groups is 1. The van der Waals surface area contributed by atoms with E-state index in [9.17, 15) is 0 Å². The first-order valence-electron chi connectivity index (χ1n) is 2.90. The van der Waals surface area contributed by atoms with E-state index in [4.69, 9.17) is 4.74 Å². The van der Waals surface area contributed by atoms with E-state index in [1.807, 2.05) is 11.8 Å². The second-order valence-corrected chi connectivity index (χ2v) is 3.56. The highest BCUT2D eigenvalue weighted by Crippen LogP contribution is 2.29. The van der Waals surface area contributed by atoms with Gasteiger partial charge in [-0.05, 0) is 19.1 Å². The third kappa shape index (κ3) is 1.17. The van der Waals surface area contributed by atoms with Crippen molar-refractivity contribution in [2.24, 2.45) is 0 Å². The Bertz CT molecular complexity index is 76.6. The summed E-state index contributed by atoms with van der Waals surface area (Å²) < 4.78 is 5.28. The summed E-state index contributed by atoms with van der Waals surface area (Å²) in [7, 11) is 1.80. The van der Waals surface area contributed by atoms with Crippen molar-refractivity contribution in [2.75, 3.05) is 18.6 Å². The van der Waals surface area contributed by atoms with Crippen LogP contribution in [0.2, 0.25) is 0 Å². The molecule has 1 rings (SSSR count). The number of methoxy groups -OCH3 is 1. The van der Waals surface area contributed by atoms with E-state index >= 15 is 0 Å². The van der Waals surface area contributed by atoms with Crippen LogP contribution in [0.5, 0.6) is 0 Å². The number of rotatable bonds is 1. The third-order valence-corrected chi connectivity index (χ3v) is 2.98. The smallest absolute Gasteiger partial charge is 0.0748 e. The maximum Gasteiger partial charge on any atom is 0.0748 e. The molecule has 1 atom stereocenters. The molecule has 8 heavy (non-hydrogen) atoms. The molecule has 0 aromatic carbocycles. The highest BCUT2D eigenvalue weighted by Gasteiger charge is 2.28. The molecular weight excluding hydrogens is 120 g/mol. The zero-order valence-electron chi connectivity index (χ0n) is 5.44. The molecule has 1 fully saturated rings. The Kier molecular flexibility index (Phi) is 1.83. The summed E-state index contributed by atoms with van der Waals surface area (Å²) in [4.78, 5) is 0. The molecule has 0 aromatic rings. The van der Waals surface area contributed by atoms with Crippen LogP contribution in [0.4, 0.5) is 0 Å². The minimum absolute atomic E-state index is 0.199. The van der Waals surface area contributed by atoms with Crippen LogP contribution in [0, 0.1) is 0 Å². The Morgan fingerprint density at radius 2 is 2.38 bits per heavy atom. The van der Waals surface area contributed by atoms with E-state index in [0.717, 1.165) is 0 Å². The van der Waals surface area contributed by atoms with Gasteiger partial charge in [-0.2, -0.15) is 11.8 Å². The maximum absolute atomic E-state index is 5.28. The van der Waals surface area contributed by atoms with Crippen molar-refractivity contribution in [1.82, 2.24) is 0 Å². The minimum Gasteiger partial charge on any atom is -0.378 e. The van der Waals surface area contributed by atoms with Crippen molar-refractivity contribution in [2.45, 2.75) is 18.9 Å². The molecule has 1 aliphatic rings. The third-order valence-electron chi connectivity index (χ3n) is 1.68. The van der Waals surface area contributed by atoms with E-state index in [2.05, 4.69) is 6.92 Å². The molecule has 1 aliphatic heterocycles. The summed E-state index contributed by atoms with van der Waals surface area (Å²) >= 11 is 1.98. The van der Waals surface area contributed by atoms with E-state index in [1.54, 1.807) is 7.11 Å². The van der Waals surface area contributed by atoms with Crippen molar-refractivity contribution in [3.63, 3.8) is 0 Å². The van der Waals surface area contributed by atoms with Gasteiger partial charge in [0.1, 0.15) is 0 Å². The highest BCUT2D eigenvalue weighted by atomic mass is 32.2. The van der Waals surface area contributed by atoms with Crippen LogP contribution in [0.1, 0.15) is 13.3 Å². The Morgan fingerprint density at radius 1 is 1.62 bits per heavy atom. The fourth-order valence-corrected chi connectivity index (χ4v) is 2.22. The molecule has 0 aromatic heterocycles. The van der Waals surface area contributed by atoms with Crippen molar-refractivity contribution >= 4 is 11.8 Å². The van der Waals surface area contributed by atoms with Gasteiger partial charge < -0.3 is 4.74 Å². The van der Waals surface area contributed by atoms with Crippen LogP contribution in [0.25, 0.3) is 0 Å². The van der Waals surface area contributed by atoms with Gasteiger partial charge in [0.05, 0.1) is 5.60 Å². The van der Waals surface area contributed by atoms with E-state index in [-0.39, 0.29) is 5.60 Å². The van der Waals surface area contributed by atoms with Crippen LogP contribution in [0.15, 0.2) is 0 Å². The zero-order valence-corrected chi connectivity index (χ0v) is 6.25. The lowest BCUT2D eigenvalue weighted by Crippen LogP contribution is -2.25. The molecule has 0 saturated carbocycles. The number of hydrogen-bond acceptors (Lipinski definition) is 2. The average Bonchev–Trinajstić information content (AvgIpc) is 2.17. The molecule has 1 unspecified atom stereocenters. The molecule has 48 valence electrons. The van der Waals surface area contributed by atoms with Crippen LogP contribution < -0.4 is 0 Å². The van der Waals surface area contributed by atoms with Gasteiger partial charge in [-0.1, -0.05) is 0 Å². The van der Waals surface area contributed by atoms with Crippen molar-refractivity contribution < 1.29 is 4.74 Å². The second-order valence-electron chi connectivity index (χ2n) is 2.46. The Morgan fingerprint density at radius 3 is 2.62 bits per heavy atom. The van der Waals surface area contributed by atoms with Gasteiger partial charge in [-0.25, -0.2) is 0 Å². The average molecular weight is 132 g/mol. The quantitative estimate of drug-likeness (QED) is 0.535. The van der Waals surface area contributed by atoms with E-state index in [0.29, 0.717) is 0 Å². The predicted molar refractivity (Wildman–Crippen MR) is 37.4 cm³/mol. The molecule has 0 amide bonds. The lowest BCUT2D eigenvalue weighted by Gasteiger charge is -2.19. The molecular formula is C6H12OS. The first-order valence-corrected chi connectivity index (χ1v) is 4.05. The standard InChI is InChI=1S/C6H12OS/c1-6(7-2)3-4-8-5-6/h3-5H2,1-2H3. The SMILES string of the molecule is COC1(C)CCSC1. The van der Waals surface area contributed by atoms with Gasteiger partial charge >= 0.3 is 0 Å². The summed E-state index contributed by atoms with van der Waals surface area (Å²) in [5, 5.41) is 0. The molecule has 0 radical (unpaired) electrons. The van der Waals surface area contributed by atoms with E-state index in [1.165, 1.54) is 17.9 Å². The Balaban J connectivity index is 2.40. The molecule has 0 bridgehead atoms. The van der Waals surface area contributed by atoms with Gasteiger partial charge in [0.2, 0.25) is 0 Å². The van der Waals surface area contributed by atoms with Crippen LogP contribution in [0.3, 0.4) is 0 Å². The van der Waals surface area contributed by atoms with E-state index < -0.39 is 0 Å². The summed E-state index contributed by atoms with van der Waals surface area (Å²) in [6.45, 7) is 2.17. The van der Waals surface area contributed by atoms with Crippen LogP contribution in [-0.4, -0.2) is 24.2 Å². The molecule has 0 N–H and O–H groups in total. The Labute approximate surface area is 54.8 Å². The maximum atomic E-state index is 5.28. The largest absolute Gasteiger partial charge is 0.378 e.